The molecule has 1 unspecified atom stereocenters. The van der Waals surface area contributed by atoms with E-state index in [9.17, 15) is 0 Å². The van der Waals surface area contributed by atoms with Crippen LogP contribution in [-0.2, 0) is 13.0 Å². The molecule has 2 nitrogen and oxygen atoms in total. The van der Waals surface area contributed by atoms with Crippen molar-refractivity contribution in [1.82, 2.24) is 10.3 Å². The summed E-state index contributed by atoms with van der Waals surface area (Å²) in [6.45, 7) is 7.63. The van der Waals surface area contributed by atoms with E-state index in [1.807, 2.05) is 0 Å². The first-order chi connectivity index (χ1) is 11.2. The van der Waals surface area contributed by atoms with Gasteiger partial charge in [-0.3, -0.25) is 0 Å². The van der Waals surface area contributed by atoms with E-state index in [2.05, 4.69) is 85.8 Å². The van der Waals surface area contributed by atoms with Crippen molar-refractivity contribution in [2.75, 3.05) is 0 Å². The Bertz CT molecular complexity index is 756. The Morgan fingerprint density at radius 1 is 0.957 bits per heavy atom. The molecule has 0 aliphatic heterocycles. The monoisotopic (exact) mass is 306 g/mol. The van der Waals surface area contributed by atoms with E-state index in [1.165, 1.54) is 27.6 Å². The van der Waals surface area contributed by atoms with Crippen LogP contribution in [-0.4, -0.2) is 4.98 Å². The van der Waals surface area contributed by atoms with E-state index in [0.717, 1.165) is 13.0 Å². The number of rotatable bonds is 6. The van der Waals surface area contributed by atoms with Gasteiger partial charge in [-0.25, -0.2) is 0 Å². The Morgan fingerprint density at radius 2 is 1.74 bits per heavy atom. The number of aromatic amines is 1. The van der Waals surface area contributed by atoms with Crippen molar-refractivity contribution in [2.45, 2.75) is 39.8 Å². The maximum Gasteiger partial charge on any atom is 0.0489 e. The molecule has 3 aromatic rings. The average molecular weight is 306 g/mol. The van der Waals surface area contributed by atoms with Crippen LogP contribution >= 0.6 is 0 Å². The molecule has 1 aromatic heterocycles. The van der Waals surface area contributed by atoms with Crippen molar-refractivity contribution in [3.8, 4) is 0 Å². The van der Waals surface area contributed by atoms with Gasteiger partial charge in [0.15, 0.2) is 0 Å². The van der Waals surface area contributed by atoms with Crippen molar-refractivity contribution in [3.63, 3.8) is 0 Å². The molecule has 1 atom stereocenters. The van der Waals surface area contributed by atoms with E-state index in [4.69, 9.17) is 0 Å². The van der Waals surface area contributed by atoms with Gasteiger partial charge in [-0.05, 0) is 29.0 Å². The van der Waals surface area contributed by atoms with Crippen molar-refractivity contribution in [3.05, 3.63) is 71.4 Å². The zero-order valence-corrected chi connectivity index (χ0v) is 14.3. The lowest BCUT2D eigenvalue weighted by molar-refractivity contribution is 0.411. The third kappa shape index (κ3) is 3.32. The zero-order valence-electron chi connectivity index (χ0n) is 14.3. The van der Waals surface area contributed by atoms with E-state index in [-0.39, 0.29) is 0 Å². The number of H-pyrrole nitrogens is 1. The number of nitrogens with one attached hydrogen (secondary N) is 2. The lowest BCUT2D eigenvalue weighted by Crippen LogP contribution is -2.25. The minimum Gasteiger partial charge on any atom is -0.361 e. The molecule has 0 saturated carbocycles. The van der Waals surface area contributed by atoms with Gasteiger partial charge in [0.05, 0.1) is 0 Å². The Balaban J connectivity index is 1.82. The highest BCUT2D eigenvalue weighted by Crippen LogP contribution is 2.25. The normalized spacial score (nSPS) is 12.9. The standard InChI is InChI=1S/C21H26N2/c1-4-16-11-8-12-19-18(14-23-21(16)19)13-22-20(15(2)3)17-9-6-5-7-10-17/h5-12,14-15,20,22-23H,4,13H2,1-3H3. The highest BCUT2D eigenvalue weighted by atomic mass is 14.9. The number of aryl methyl sites for hydroxylation is 1. The van der Waals surface area contributed by atoms with Gasteiger partial charge in [0.1, 0.15) is 0 Å². The second-order valence-electron chi connectivity index (χ2n) is 6.52. The zero-order chi connectivity index (χ0) is 16.2. The minimum atomic E-state index is 0.371. The minimum absolute atomic E-state index is 0.371. The van der Waals surface area contributed by atoms with Crippen LogP contribution in [0.2, 0.25) is 0 Å². The van der Waals surface area contributed by atoms with Gasteiger partial charge in [0, 0.05) is 29.7 Å². The summed E-state index contributed by atoms with van der Waals surface area (Å²) in [4.78, 5) is 3.46. The van der Waals surface area contributed by atoms with E-state index in [0.29, 0.717) is 12.0 Å². The quantitative estimate of drug-likeness (QED) is 0.642. The fourth-order valence-electron chi connectivity index (χ4n) is 3.33. The second kappa shape index (κ2) is 7.01. The molecule has 0 saturated heterocycles. The molecule has 2 heteroatoms. The van der Waals surface area contributed by atoms with Gasteiger partial charge < -0.3 is 10.3 Å². The molecule has 0 radical (unpaired) electrons. The van der Waals surface area contributed by atoms with Crippen LogP contribution < -0.4 is 5.32 Å². The molecule has 2 aromatic carbocycles. The number of benzene rings is 2. The largest absolute Gasteiger partial charge is 0.361 e. The van der Waals surface area contributed by atoms with Gasteiger partial charge in [-0.15, -0.1) is 0 Å². The summed E-state index contributed by atoms with van der Waals surface area (Å²) in [5.74, 6) is 0.550. The maximum atomic E-state index is 3.75. The molecule has 0 spiro atoms. The van der Waals surface area contributed by atoms with Crippen LogP contribution in [0.15, 0.2) is 54.7 Å². The molecule has 0 aliphatic rings. The predicted octanol–water partition coefficient (Wildman–Crippen LogP) is 5.22. The lowest BCUT2D eigenvalue weighted by atomic mass is 9.96. The average Bonchev–Trinajstić information content (AvgIpc) is 2.99. The highest BCUT2D eigenvalue weighted by molar-refractivity contribution is 5.86. The smallest absolute Gasteiger partial charge is 0.0489 e. The lowest BCUT2D eigenvalue weighted by Gasteiger charge is -2.23. The Labute approximate surface area is 138 Å². The molecule has 0 amide bonds. The third-order valence-corrected chi connectivity index (χ3v) is 4.61. The van der Waals surface area contributed by atoms with Gasteiger partial charge in [-0.2, -0.15) is 0 Å². The van der Waals surface area contributed by atoms with Crippen LogP contribution in [0.25, 0.3) is 10.9 Å². The highest BCUT2D eigenvalue weighted by Gasteiger charge is 2.15. The number of hydrogen-bond donors (Lipinski definition) is 2. The first-order valence-corrected chi connectivity index (χ1v) is 8.57. The van der Waals surface area contributed by atoms with Crippen LogP contribution in [0.5, 0.6) is 0 Å². The first kappa shape index (κ1) is 15.8. The summed E-state index contributed by atoms with van der Waals surface area (Å²) in [5.41, 5.74) is 5.37. The fourth-order valence-corrected chi connectivity index (χ4v) is 3.33. The Hall–Kier alpha value is -2.06. The number of para-hydroxylation sites is 1. The Morgan fingerprint density at radius 3 is 2.43 bits per heavy atom. The number of fused-ring (bicyclic) bond motifs is 1. The summed E-state index contributed by atoms with van der Waals surface area (Å²) in [6, 6.07) is 17.7. The van der Waals surface area contributed by atoms with Crippen LogP contribution in [0.1, 0.15) is 43.5 Å². The molecular formula is C21H26N2. The molecule has 1 heterocycles. The molecule has 3 rings (SSSR count). The van der Waals surface area contributed by atoms with Crippen LogP contribution in [0, 0.1) is 5.92 Å². The van der Waals surface area contributed by atoms with Crippen molar-refractivity contribution >= 4 is 10.9 Å². The first-order valence-electron chi connectivity index (χ1n) is 8.57. The molecular weight excluding hydrogens is 280 g/mol. The van der Waals surface area contributed by atoms with Gasteiger partial charge in [0.25, 0.3) is 0 Å². The SMILES string of the molecule is CCc1cccc2c(CNC(c3ccccc3)C(C)C)c[nH]c12. The molecule has 120 valence electrons. The maximum absolute atomic E-state index is 3.75. The number of hydrogen-bond acceptors (Lipinski definition) is 1. The summed E-state index contributed by atoms with van der Waals surface area (Å²) < 4.78 is 0. The predicted molar refractivity (Wildman–Crippen MR) is 98.5 cm³/mol. The summed E-state index contributed by atoms with van der Waals surface area (Å²) in [5, 5.41) is 5.09. The summed E-state index contributed by atoms with van der Waals surface area (Å²) in [7, 11) is 0. The molecule has 0 fully saturated rings. The van der Waals surface area contributed by atoms with Crippen LogP contribution in [0.3, 0.4) is 0 Å². The number of aromatic nitrogens is 1. The molecule has 0 bridgehead atoms. The van der Waals surface area contributed by atoms with Crippen molar-refractivity contribution in [2.24, 2.45) is 5.92 Å². The van der Waals surface area contributed by atoms with Gasteiger partial charge in [0.2, 0.25) is 0 Å². The van der Waals surface area contributed by atoms with E-state index in [1.54, 1.807) is 0 Å². The van der Waals surface area contributed by atoms with Gasteiger partial charge in [-0.1, -0.05) is 69.3 Å². The van der Waals surface area contributed by atoms with Crippen molar-refractivity contribution < 1.29 is 0 Å². The topological polar surface area (TPSA) is 27.8 Å². The van der Waals surface area contributed by atoms with Gasteiger partial charge >= 0.3 is 0 Å². The summed E-state index contributed by atoms with van der Waals surface area (Å²) >= 11 is 0. The van der Waals surface area contributed by atoms with E-state index < -0.39 is 0 Å². The molecule has 0 aliphatic carbocycles. The fraction of sp³-hybridized carbons (Fsp3) is 0.333. The van der Waals surface area contributed by atoms with Crippen LogP contribution in [0.4, 0.5) is 0 Å². The summed E-state index contributed by atoms with van der Waals surface area (Å²) in [6.07, 6.45) is 3.21. The van der Waals surface area contributed by atoms with Crippen molar-refractivity contribution in [1.29, 1.82) is 0 Å². The molecule has 23 heavy (non-hydrogen) atoms. The Kier molecular flexibility index (Phi) is 4.82. The second-order valence-corrected chi connectivity index (χ2v) is 6.52. The molecule has 2 N–H and O–H groups in total. The van der Waals surface area contributed by atoms with E-state index >= 15 is 0 Å². The third-order valence-electron chi connectivity index (χ3n) is 4.61.